The van der Waals surface area contributed by atoms with Crippen molar-refractivity contribution >= 4 is 17.9 Å². The maximum Gasteiger partial charge on any atom is 0.306 e. The van der Waals surface area contributed by atoms with E-state index in [1.54, 1.807) is 0 Å². The molecule has 0 aliphatic heterocycles. The zero-order chi connectivity index (χ0) is 57.1. The third kappa shape index (κ3) is 65.8. The molecule has 6 heteroatoms. The lowest BCUT2D eigenvalue weighted by molar-refractivity contribution is -0.167. The first-order valence-corrected chi connectivity index (χ1v) is 34.8. The van der Waals surface area contributed by atoms with Gasteiger partial charge in [-0.3, -0.25) is 14.4 Å². The molecule has 0 saturated heterocycles. The molecule has 79 heavy (non-hydrogen) atoms. The van der Waals surface area contributed by atoms with Crippen molar-refractivity contribution < 1.29 is 28.6 Å². The average molecular weight is 1110 g/mol. The van der Waals surface area contributed by atoms with Gasteiger partial charge in [0.05, 0.1) is 0 Å². The van der Waals surface area contributed by atoms with Gasteiger partial charge in [0.25, 0.3) is 0 Å². The van der Waals surface area contributed by atoms with Gasteiger partial charge in [-0.2, -0.15) is 0 Å². The highest BCUT2D eigenvalue weighted by Crippen LogP contribution is 2.18. The number of carbonyl (C=O) groups is 3. The van der Waals surface area contributed by atoms with Crippen molar-refractivity contribution in [2.24, 2.45) is 0 Å². The normalized spacial score (nSPS) is 12.4. The summed E-state index contributed by atoms with van der Waals surface area (Å²) in [4.78, 5) is 38.3. The van der Waals surface area contributed by atoms with Gasteiger partial charge < -0.3 is 14.2 Å². The van der Waals surface area contributed by atoms with Crippen LogP contribution in [0.25, 0.3) is 0 Å². The van der Waals surface area contributed by atoms with Gasteiger partial charge in [-0.05, 0) is 64.2 Å². The summed E-state index contributed by atoms with van der Waals surface area (Å²) < 4.78 is 16.9. The van der Waals surface area contributed by atoms with Gasteiger partial charge in [-0.1, -0.05) is 345 Å². The topological polar surface area (TPSA) is 78.9 Å². The Morgan fingerprint density at radius 3 is 0.772 bits per heavy atom. The van der Waals surface area contributed by atoms with Crippen LogP contribution in [-0.2, 0) is 28.6 Å². The zero-order valence-corrected chi connectivity index (χ0v) is 52.9. The van der Waals surface area contributed by atoms with Crippen molar-refractivity contribution in [2.45, 2.75) is 374 Å². The van der Waals surface area contributed by atoms with Crippen LogP contribution in [0.2, 0.25) is 0 Å². The predicted molar refractivity (Wildman–Crippen MR) is 344 cm³/mol. The second-order valence-corrected chi connectivity index (χ2v) is 23.4. The Balaban J connectivity index is 4.17. The largest absolute Gasteiger partial charge is 0.462 e. The van der Waals surface area contributed by atoms with Crippen molar-refractivity contribution in [3.05, 3.63) is 60.8 Å². The molecule has 0 radical (unpaired) electrons. The molecule has 0 spiro atoms. The highest BCUT2D eigenvalue weighted by Gasteiger charge is 2.19. The molecule has 0 aromatic rings. The van der Waals surface area contributed by atoms with Gasteiger partial charge in [0.1, 0.15) is 13.2 Å². The van der Waals surface area contributed by atoms with Crippen LogP contribution in [0.1, 0.15) is 367 Å². The van der Waals surface area contributed by atoms with Crippen molar-refractivity contribution in [2.75, 3.05) is 13.2 Å². The molecule has 0 amide bonds. The van der Waals surface area contributed by atoms with Crippen LogP contribution in [0.15, 0.2) is 60.8 Å². The lowest BCUT2D eigenvalue weighted by atomic mass is 10.0. The highest BCUT2D eigenvalue weighted by atomic mass is 16.6. The first-order valence-electron chi connectivity index (χ1n) is 34.8. The molecule has 0 aromatic heterocycles. The molecule has 0 rings (SSSR count). The Bertz CT molecular complexity index is 1410. The van der Waals surface area contributed by atoms with E-state index >= 15 is 0 Å². The smallest absolute Gasteiger partial charge is 0.306 e. The SMILES string of the molecule is CC/C=C\C/C=C\C/C=C\C/C=C\C/C=C\CCCCCCCCCC(=O)OC(COC(=O)CCCCCCCCCCCC)COC(=O)CCCCCCCCCCCCCCCCCCCCCCCCCCCCCC. The second-order valence-electron chi connectivity index (χ2n) is 23.4. The lowest BCUT2D eigenvalue weighted by Gasteiger charge is -2.18. The molecule has 1 unspecified atom stereocenters. The Labute approximate surface area is 491 Å². The van der Waals surface area contributed by atoms with Crippen LogP contribution in [0.5, 0.6) is 0 Å². The number of rotatable bonds is 64. The zero-order valence-electron chi connectivity index (χ0n) is 52.9. The molecule has 460 valence electrons. The summed E-state index contributed by atoms with van der Waals surface area (Å²) in [5, 5.41) is 0. The maximum absolute atomic E-state index is 12.9. The fourth-order valence-corrected chi connectivity index (χ4v) is 10.4. The molecule has 0 bridgehead atoms. The van der Waals surface area contributed by atoms with Crippen molar-refractivity contribution in [3.63, 3.8) is 0 Å². The number of esters is 3. The number of hydrogen-bond donors (Lipinski definition) is 0. The minimum Gasteiger partial charge on any atom is -0.462 e. The minimum atomic E-state index is -0.778. The van der Waals surface area contributed by atoms with E-state index in [9.17, 15) is 14.4 Å². The molecule has 0 aromatic carbocycles. The van der Waals surface area contributed by atoms with Crippen LogP contribution in [-0.4, -0.2) is 37.2 Å². The summed E-state index contributed by atoms with van der Waals surface area (Å²) in [6.07, 6.45) is 86.9. The number of hydrogen-bond acceptors (Lipinski definition) is 6. The number of carbonyl (C=O) groups excluding carboxylic acids is 3. The molecule has 0 aliphatic carbocycles. The summed E-state index contributed by atoms with van der Waals surface area (Å²) in [6.45, 7) is 6.56. The van der Waals surface area contributed by atoms with Crippen LogP contribution in [0.3, 0.4) is 0 Å². The first kappa shape index (κ1) is 76.1. The van der Waals surface area contributed by atoms with Crippen molar-refractivity contribution in [3.8, 4) is 0 Å². The van der Waals surface area contributed by atoms with Gasteiger partial charge in [0.15, 0.2) is 6.10 Å². The van der Waals surface area contributed by atoms with Crippen LogP contribution in [0, 0.1) is 0 Å². The summed E-state index contributed by atoms with van der Waals surface area (Å²) in [5.74, 6) is -0.865. The van der Waals surface area contributed by atoms with Crippen molar-refractivity contribution in [1.29, 1.82) is 0 Å². The van der Waals surface area contributed by atoms with Crippen LogP contribution >= 0.6 is 0 Å². The van der Waals surface area contributed by atoms with Crippen molar-refractivity contribution in [1.82, 2.24) is 0 Å². The van der Waals surface area contributed by atoms with Crippen LogP contribution in [0.4, 0.5) is 0 Å². The molecule has 6 nitrogen and oxygen atoms in total. The molecule has 0 fully saturated rings. The second kappa shape index (κ2) is 67.6. The Morgan fingerprint density at radius 1 is 0.266 bits per heavy atom. The summed E-state index contributed by atoms with van der Waals surface area (Å²) >= 11 is 0. The average Bonchev–Trinajstić information content (AvgIpc) is 3.45. The fraction of sp³-hybridized carbons (Fsp3) is 0.822. The van der Waals surface area contributed by atoms with E-state index < -0.39 is 6.10 Å². The molecule has 0 aliphatic rings. The Morgan fingerprint density at radius 2 is 0.494 bits per heavy atom. The van der Waals surface area contributed by atoms with Gasteiger partial charge in [0.2, 0.25) is 0 Å². The Kier molecular flexibility index (Phi) is 65.1. The van der Waals surface area contributed by atoms with Gasteiger partial charge in [0, 0.05) is 19.3 Å². The fourth-order valence-electron chi connectivity index (χ4n) is 10.4. The number of ether oxygens (including phenoxy) is 3. The van der Waals surface area contributed by atoms with Gasteiger partial charge >= 0.3 is 17.9 Å². The monoisotopic (exact) mass is 1110 g/mol. The molecular weight excluding hydrogens is 973 g/mol. The third-order valence-corrected chi connectivity index (χ3v) is 15.5. The third-order valence-electron chi connectivity index (χ3n) is 15.5. The molecule has 1 atom stereocenters. The Hall–Kier alpha value is -2.89. The van der Waals surface area contributed by atoms with E-state index in [0.717, 1.165) is 96.3 Å². The summed E-state index contributed by atoms with van der Waals surface area (Å²) in [6, 6.07) is 0. The summed E-state index contributed by atoms with van der Waals surface area (Å²) in [5.41, 5.74) is 0. The quantitative estimate of drug-likeness (QED) is 0.0261. The minimum absolute atomic E-state index is 0.0741. The van der Waals surface area contributed by atoms with E-state index in [-0.39, 0.29) is 31.1 Å². The van der Waals surface area contributed by atoms with Gasteiger partial charge in [-0.25, -0.2) is 0 Å². The molecule has 0 N–H and O–H groups in total. The number of allylic oxidation sites excluding steroid dienone is 10. The summed E-state index contributed by atoms with van der Waals surface area (Å²) in [7, 11) is 0. The lowest BCUT2D eigenvalue weighted by Crippen LogP contribution is -2.30. The maximum atomic E-state index is 12.9. The number of unbranched alkanes of at least 4 members (excludes halogenated alkanes) is 43. The molecule has 0 heterocycles. The van der Waals surface area contributed by atoms with E-state index in [4.69, 9.17) is 14.2 Å². The van der Waals surface area contributed by atoms with E-state index in [0.29, 0.717) is 19.3 Å². The van der Waals surface area contributed by atoms with E-state index in [1.807, 2.05) is 0 Å². The first-order chi connectivity index (χ1) is 39.0. The van der Waals surface area contributed by atoms with E-state index in [1.165, 1.54) is 231 Å². The molecule has 0 saturated carbocycles. The van der Waals surface area contributed by atoms with Crippen LogP contribution < -0.4 is 0 Å². The highest BCUT2D eigenvalue weighted by molar-refractivity contribution is 5.71. The standard InChI is InChI=1S/C73H132O6/c1-4-7-10-13-16-19-22-24-26-28-30-32-34-35-36-37-38-40-41-43-45-47-49-51-54-57-60-63-66-72(75)78-69-70(68-77-71(74)65-62-59-56-53-21-18-15-12-9-6-3)79-73(76)67-64-61-58-55-52-50-48-46-44-42-39-33-31-29-27-25-23-20-17-14-11-8-5-2/h8,11,17,20,25,27,31,33,42,44,70H,4-7,9-10,12-16,18-19,21-24,26,28-30,32,34-41,43,45-69H2,1-3H3/b11-8-,20-17-,27-25-,33-31-,44-42-. The molecular formula is C73H132O6. The predicted octanol–water partition coefficient (Wildman–Crippen LogP) is 23.9. The van der Waals surface area contributed by atoms with Gasteiger partial charge in [-0.15, -0.1) is 0 Å². The van der Waals surface area contributed by atoms with E-state index in [2.05, 4.69) is 81.5 Å².